The van der Waals surface area contributed by atoms with Gasteiger partial charge in [0.1, 0.15) is 11.4 Å². The van der Waals surface area contributed by atoms with E-state index < -0.39 is 5.72 Å². The number of anilines is 1. The van der Waals surface area contributed by atoms with Crippen LogP contribution in [0.25, 0.3) is 10.9 Å². The van der Waals surface area contributed by atoms with Crippen molar-refractivity contribution < 1.29 is 4.74 Å². The quantitative estimate of drug-likeness (QED) is 0.570. The van der Waals surface area contributed by atoms with Crippen LogP contribution in [0.4, 0.5) is 11.4 Å². The molecule has 2 aliphatic heterocycles. The molecule has 0 radical (unpaired) electrons. The fraction of sp³-hybridized carbons (Fsp3) is 0.333. The second kappa shape index (κ2) is 5.57. The van der Waals surface area contributed by atoms with Crippen molar-refractivity contribution in [3.63, 3.8) is 0 Å². The molecule has 2 aromatic carbocycles. The van der Waals surface area contributed by atoms with Crippen molar-refractivity contribution in [2.75, 3.05) is 11.9 Å². The standard InChI is InChI=1S/C24H25N3O/c1-6-23(4)21-16(3)15(2)9-11-19(21)27(5)24(23)14-26-22-17-8-7-13-25-18(17)10-12-20(22)28-24/h7-14H,6H2,1-5H3. The van der Waals surface area contributed by atoms with Crippen LogP contribution in [0.1, 0.15) is 37.0 Å². The molecule has 3 aromatic rings. The molecule has 1 aromatic heterocycles. The summed E-state index contributed by atoms with van der Waals surface area (Å²) in [6, 6.07) is 12.4. The summed E-state index contributed by atoms with van der Waals surface area (Å²) in [5, 5.41) is 1.02. The molecular weight excluding hydrogens is 346 g/mol. The van der Waals surface area contributed by atoms with Crippen molar-refractivity contribution in [1.29, 1.82) is 0 Å². The van der Waals surface area contributed by atoms with Gasteiger partial charge in [-0.1, -0.05) is 13.0 Å². The average Bonchev–Trinajstić information content (AvgIpc) is 2.90. The van der Waals surface area contributed by atoms with Crippen molar-refractivity contribution in [3.05, 3.63) is 59.3 Å². The fourth-order valence-electron chi connectivity index (χ4n) is 5.02. The molecule has 5 rings (SSSR count). The first kappa shape index (κ1) is 17.2. The number of ether oxygens (including phenoxy) is 1. The van der Waals surface area contributed by atoms with E-state index in [1.807, 2.05) is 30.6 Å². The van der Waals surface area contributed by atoms with Gasteiger partial charge in [-0.25, -0.2) is 0 Å². The molecule has 0 fully saturated rings. The van der Waals surface area contributed by atoms with Gasteiger partial charge in [0, 0.05) is 24.3 Å². The van der Waals surface area contributed by atoms with E-state index in [0.29, 0.717) is 0 Å². The van der Waals surface area contributed by atoms with Gasteiger partial charge < -0.3 is 9.64 Å². The predicted molar refractivity (Wildman–Crippen MR) is 115 cm³/mol. The Kier molecular flexibility index (Phi) is 3.43. The Balaban J connectivity index is 1.75. The van der Waals surface area contributed by atoms with Crippen LogP contribution >= 0.6 is 0 Å². The second-order valence-electron chi connectivity index (χ2n) is 8.19. The molecule has 3 heterocycles. The maximum absolute atomic E-state index is 6.83. The number of fused-ring (bicyclic) bond motifs is 4. The molecule has 0 amide bonds. The van der Waals surface area contributed by atoms with Crippen molar-refractivity contribution in [3.8, 4) is 5.75 Å². The summed E-state index contributed by atoms with van der Waals surface area (Å²) in [6.07, 6.45) is 4.77. The summed E-state index contributed by atoms with van der Waals surface area (Å²) >= 11 is 0. The van der Waals surface area contributed by atoms with Crippen molar-refractivity contribution in [2.45, 2.75) is 45.3 Å². The van der Waals surface area contributed by atoms with Crippen molar-refractivity contribution in [2.24, 2.45) is 4.99 Å². The van der Waals surface area contributed by atoms with Crippen LogP contribution in [0, 0.1) is 13.8 Å². The number of aliphatic imine (C=N–C) groups is 1. The third-order valence-corrected chi connectivity index (χ3v) is 6.98. The summed E-state index contributed by atoms with van der Waals surface area (Å²) in [5.41, 5.74) is 6.20. The Hall–Kier alpha value is -2.88. The lowest BCUT2D eigenvalue weighted by molar-refractivity contribution is 0.0703. The summed E-state index contributed by atoms with van der Waals surface area (Å²) < 4.78 is 6.83. The normalized spacial score (nSPS) is 25.1. The number of pyridine rings is 1. The highest BCUT2D eigenvalue weighted by Crippen LogP contribution is 2.56. The largest absolute Gasteiger partial charge is 0.459 e. The lowest BCUT2D eigenvalue weighted by atomic mass is 9.71. The van der Waals surface area contributed by atoms with Crippen molar-refractivity contribution >= 4 is 28.5 Å². The minimum absolute atomic E-state index is 0.210. The molecular formula is C24H25N3O. The van der Waals surface area contributed by atoms with Crippen LogP contribution in [-0.2, 0) is 5.41 Å². The van der Waals surface area contributed by atoms with Crippen molar-refractivity contribution in [1.82, 2.24) is 4.98 Å². The molecule has 2 aliphatic rings. The summed E-state index contributed by atoms with van der Waals surface area (Å²) in [5.74, 6) is 0.816. The zero-order chi connectivity index (χ0) is 19.7. The van der Waals surface area contributed by atoms with E-state index in [2.05, 4.69) is 62.8 Å². The molecule has 4 nitrogen and oxygen atoms in total. The van der Waals surface area contributed by atoms with Gasteiger partial charge in [-0.15, -0.1) is 0 Å². The van der Waals surface area contributed by atoms with Gasteiger partial charge in [0.05, 0.1) is 17.1 Å². The molecule has 0 bridgehead atoms. The van der Waals surface area contributed by atoms with Crippen LogP contribution in [0.2, 0.25) is 0 Å². The zero-order valence-electron chi connectivity index (χ0n) is 17.1. The molecule has 0 N–H and O–H groups in total. The molecule has 0 saturated heterocycles. The minimum Gasteiger partial charge on any atom is -0.459 e. The highest BCUT2D eigenvalue weighted by atomic mass is 16.5. The topological polar surface area (TPSA) is 37.7 Å². The van der Waals surface area contributed by atoms with Crippen LogP contribution in [-0.4, -0.2) is 24.0 Å². The summed E-state index contributed by atoms with van der Waals surface area (Å²) in [4.78, 5) is 11.7. The molecule has 0 aliphatic carbocycles. The molecule has 0 saturated carbocycles. The molecule has 4 heteroatoms. The van der Waals surface area contributed by atoms with E-state index in [9.17, 15) is 0 Å². The van der Waals surface area contributed by atoms with Crippen LogP contribution < -0.4 is 9.64 Å². The Morgan fingerprint density at radius 1 is 1.11 bits per heavy atom. The SMILES string of the molecule is CCC1(C)c2c(ccc(C)c2C)N(C)C12C=Nc1c(ccc3ncccc13)O2. The van der Waals surface area contributed by atoms with E-state index >= 15 is 0 Å². The number of rotatable bonds is 1. The van der Waals surface area contributed by atoms with E-state index in [1.54, 1.807) is 0 Å². The fourth-order valence-corrected chi connectivity index (χ4v) is 5.02. The van der Waals surface area contributed by atoms with Gasteiger partial charge in [0.2, 0.25) is 5.72 Å². The molecule has 142 valence electrons. The van der Waals surface area contributed by atoms with Gasteiger partial charge >= 0.3 is 0 Å². The number of nitrogens with zero attached hydrogens (tertiary/aromatic N) is 3. The number of aromatic nitrogens is 1. The smallest absolute Gasteiger partial charge is 0.228 e. The third kappa shape index (κ3) is 1.90. The Morgan fingerprint density at radius 3 is 2.71 bits per heavy atom. The third-order valence-electron chi connectivity index (χ3n) is 6.98. The van der Waals surface area contributed by atoms with Crippen LogP contribution in [0.5, 0.6) is 5.75 Å². The minimum atomic E-state index is -0.647. The number of hydrogen-bond donors (Lipinski definition) is 0. The molecule has 1 spiro atoms. The first-order chi connectivity index (χ1) is 13.4. The van der Waals surface area contributed by atoms with Gasteiger partial charge in [-0.05, 0) is 74.2 Å². The maximum atomic E-state index is 6.83. The highest BCUT2D eigenvalue weighted by Gasteiger charge is 2.60. The lowest BCUT2D eigenvalue weighted by Gasteiger charge is -2.46. The zero-order valence-corrected chi connectivity index (χ0v) is 17.1. The van der Waals surface area contributed by atoms with Gasteiger partial charge in [-0.3, -0.25) is 9.98 Å². The number of benzene rings is 2. The Morgan fingerprint density at radius 2 is 1.93 bits per heavy atom. The van der Waals surface area contributed by atoms with Gasteiger partial charge in [0.15, 0.2) is 0 Å². The average molecular weight is 371 g/mol. The van der Waals surface area contributed by atoms with E-state index in [1.165, 1.54) is 22.4 Å². The lowest BCUT2D eigenvalue weighted by Crippen LogP contribution is -2.62. The van der Waals surface area contributed by atoms with Crippen LogP contribution in [0.3, 0.4) is 0 Å². The van der Waals surface area contributed by atoms with E-state index in [4.69, 9.17) is 9.73 Å². The first-order valence-electron chi connectivity index (χ1n) is 9.89. The first-order valence-corrected chi connectivity index (χ1v) is 9.89. The van der Waals surface area contributed by atoms with E-state index in [0.717, 1.165) is 28.8 Å². The Labute approximate surface area is 165 Å². The number of hydrogen-bond acceptors (Lipinski definition) is 4. The second-order valence-corrected chi connectivity index (χ2v) is 8.19. The molecule has 2 atom stereocenters. The molecule has 28 heavy (non-hydrogen) atoms. The number of aryl methyl sites for hydroxylation is 1. The van der Waals surface area contributed by atoms with E-state index in [-0.39, 0.29) is 5.41 Å². The van der Waals surface area contributed by atoms with Gasteiger partial charge in [0.25, 0.3) is 0 Å². The molecule has 2 unspecified atom stereocenters. The Bertz CT molecular complexity index is 1150. The van der Waals surface area contributed by atoms with Crippen LogP contribution in [0.15, 0.2) is 47.6 Å². The highest BCUT2D eigenvalue weighted by molar-refractivity contribution is 5.98. The number of likely N-dealkylation sites (N-methyl/N-ethyl adjacent to an activating group) is 1. The monoisotopic (exact) mass is 371 g/mol. The summed E-state index contributed by atoms with van der Waals surface area (Å²) in [7, 11) is 2.12. The summed E-state index contributed by atoms with van der Waals surface area (Å²) in [6.45, 7) is 8.95. The maximum Gasteiger partial charge on any atom is 0.228 e. The van der Waals surface area contributed by atoms with Gasteiger partial charge in [-0.2, -0.15) is 0 Å². The predicted octanol–water partition coefficient (Wildman–Crippen LogP) is 5.46.